The molecule has 0 aromatic heterocycles. The first-order valence-electron chi connectivity index (χ1n) is 6.34. The average Bonchev–Trinajstić information content (AvgIpc) is 2.62. The lowest BCUT2D eigenvalue weighted by atomic mass is 10.1. The van der Waals surface area contributed by atoms with Crippen LogP contribution in [0.15, 0.2) is 18.2 Å². The van der Waals surface area contributed by atoms with Crippen LogP contribution < -0.4 is 0 Å². The molecule has 20 heavy (non-hydrogen) atoms. The summed E-state index contributed by atoms with van der Waals surface area (Å²) in [4.78, 5) is 24.8. The number of amides is 1. The number of carbonyl (C=O) groups excluding carboxylic acids is 1. The molecule has 0 saturated carbocycles. The first kappa shape index (κ1) is 15.1. The van der Waals surface area contributed by atoms with Crippen LogP contribution >= 0.6 is 23.4 Å². The van der Waals surface area contributed by atoms with E-state index >= 15 is 0 Å². The Labute approximate surface area is 126 Å². The second-order valence-electron chi connectivity index (χ2n) is 4.64. The van der Waals surface area contributed by atoms with Crippen LogP contribution in [-0.2, 0) is 0 Å². The number of hydrogen-bond donors (Lipinski definition) is 0. The lowest BCUT2D eigenvalue weighted by Gasteiger charge is -2.27. The Morgan fingerprint density at radius 1 is 1.50 bits per heavy atom. The lowest BCUT2D eigenvalue weighted by Crippen LogP contribution is -2.39. The third kappa shape index (κ3) is 3.07. The van der Waals surface area contributed by atoms with Gasteiger partial charge in [-0.05, 0) is 25.2 Å². The average molecular weight is 315 g/mol. The summed E-state index contributed by atoms with van der Waals surface area (Å²) in [6.45, 7) is 2.56. The van der Waals surface area contributed by atoms with Crippen LogP contribution in [0.4, 0.5) is 5.69 Å². The zero-order chi connectivity index (χ0) is 14.7. The first-order valence-corrected chi connectivity index (χ1v) is 7.87. The Hall–Kier alpha value is -1.27. The van der Waals surface area contributed by atoms with Gasteiger partial charge in [0.2, 0.25) is 0 Å². The number of thioether (sulfide) groups is 1. The van der Waals surface area contributed by atoms with Gasteiger partial charge in [-0.15, -0.1) is 0 Å². The van der Waals surface area contributed by atoms with E-state index < -0.39 is 4.92 Å². The van der Waals surface area contributed by atoms with Crippen molar-refractivity contribution in [3.05, 3.63) is 38.9 Å². The van der Waals surface area contributed by atoms with E-state index in [1.165, 1.54) is 18.2 Å². The van der Waals surface area contributed by atoms with Gasteiger partial charge in [0.1, 0.15) is 5.56 Å². The molecule has 1 aromatic carbocycles. The summed E-state index contributed by atoms with van der Waals surface area (Å²) in [6, 6.07) is 4.38. The van der Waals surface area contributed by atoms with Crippen molar-refractivity contribution >= 4 is 35.0 Å². The molecule has 7 heteroatoms. The van der Waals surface area contributed by atoms with E-state index in [9.17, 15) is 14.9 Å². The molecule has 1 atom stereocenters. The molecule has 5 nitrogen and oxygen atoms in total. The van der Waals surface area contributed by atoms with Crippen LogP contribution in [-0.4, -0.2) is 39.8 Å². The Morgan fingerprint density at radius 2 is 2.25 bits per heavy atom. The summed E-state index contributed by atoms with van der Waals surface area (Å²) >= 11 is 7.81. The van der Waals surface area contributed by atoms with E-state index in [0.29, 0.717) is 6.54 Å². The zero-order valence-corrected chi connectivity index (χ0v) is 12.6. The summed E-state index contributed by atoms with van der Waals surface area (Å²) in [5.41, 5.74) is -0.232. The number of rotatable bonds is 2. The molecule has 1 aromatic rings. The van der Waals surface area contributed by atoms with E-state index in [1.54, 1.807) is 16.7 Å². The van der Waals surface area contributed by atoms with Gasteiger partial charge in [-0.25, -0.2) is 0 Å². The smallest absolute Gasteiger partial charge is 0.283 e. The van der Waals surface area contributed by atoms with Gasteiger partial charge in [0.15, 0.2) is 0 Å². The predicted octanol–water partition coefficient (Wildman–Crippen LogP) is 3.22. The van der Waals surface area contributed by atoms with Gasteiger partial charge in [-0.1, -0.05) is 17.7 Å². The van der Waals surface area contributed by atoms with E-state index in [2.05, 4.69) is 0 Å². The van der Waals surface area contributed by atoms with Gasteiger partial charge in [-0.2, -0.15) is 11.8 Å². The van der Waals surface area contributed by atoms with Crippen LogP contribution in [0, 0.1) is 10.1 Å². The Kier molecular flexibility index (Phi) is 4.88. The Balaban J connectivity index is 2.39. The number of benzene rings is 1. The SMILES string of the molecule is C[C@H]1CCSCCN1C(=O)c1c(Cl)cccc1[N+](=O)[O-]. The molecule has 108 valence electrons. The van der Waals surface area contributed by atoms with Crippen molar-refractivity contribution in [2.75, 3.05) is 18.1 Å². The molecule has 1 aliphatic rings. The Bertz CT molecular complexity index is 538. The highest BCUT2D eigenvalue weighted by molar-refractivity contribution is 7.99. The molecule has 1 heterocycles. The van der Waals surface area contributed by atoms with Crippen LogP contribution in [0.3, 0.4) is 0 Å². The quantitative estimate of drug-likeness (QED) is 0.621. The number of nitro groups is 1. The highest BCUT2D eigenvalue weighted by Gasteiger charge is 2.30. The van der Waals surface area contributed by atoms with Crippen LogP contribution in [0.1, 0.15) is 23.7 Å². The zero-order valence-electron chi connectivity index (χ0n) is 11.0. The molecule has 1 saturated heterocycles. The predicted molar refractivity (Wildman–Crippen MR) is 80.5 cm³/mol. The normalized spacial score (nSPS) is 19.5. The van der Waals surface area contributed by atoms with E-state index in [-0.39, 0.29) is 28.2 Å². The van der Waals surface area contributed by atoms with Gasteiger partial charge in [0.25, 0.3) is 11.6 Å². The molecule has 1 aliphatic heterocycles. The van der Waals surface area contributed by atoms with E-state index in [0.717, 1.165) is 17.9 Å². The molecule has 0 unspecified atom stereocenters. The van der Waals surface area contributed by atoms with Gasteiger partial charge in [0, 0.05) is 24.4 Å². The standard InChI is InChI=1S/C13H15ClN2O3S/c1-9-5-7-20-8-6-15(9)13(17)12-10(14)3-2-4-11(12)16(18)19/h2-4,9H,5-8H2,1H3/t9-/m0/s1. The largest absolute Gasteiger partial charge is 0.335 e. The molecule has 0 N–H and O–H groups in total. The van der Waals surface area contributed by atoms with Crippen LogP contribution in [0.25, 0.3) is 0 Å². The highest BCUT2D eigenvalue weighted by atomic mass is 35.5. The molecule has 2 rings (SSSR count). The minimum atomic E-state index is -0.559. The molecule has 1 fully saturated rings. The number of nitro benzene ring substituents is 1. The first-order chi connectivity index (χ1) is 9.52. The number of hydrogen-bond acceptors (Lipinski definition) is 4. The topological polar surface area (TPSA) is 63.5 Å². The maximum Gasteiger partial charge on any atom is 0.283 e. The van der Waals surface area contributed by atoms with Crippen molar-refractivity contribution in [1.82, 2.24) is 4.90 Å². The van der Waals surface area contributed by atoms with Crippen molar-refractivity contribution < 1.29 is 9.72 Å². The number of halogens is 1. The minimum absolute atomic E-state index is 0.00193. The molecule has 0 aliphatic carbocycles. The van der Waals surface area contributed by atoms with Crippen molar-refractivity contribution in [2.45, 2.75) is 19.4 Å². The van der Waals surface area contributed by atoms with Crippen LogP contribution in [0.5, 0.6) is 0 Å². The van der Waals surface area contributed by atoms with Crippen molar-refractivity contribution in [3.63, 3.8) is 0 Å². The summed E-state index contributed by atoms with van der Waals surface area (Å²) in [6.07, 6.45) is 0.884. The lowest BCUT2D eigenvalue weighted by molar-refractivity contribution is -0.385. The highest BCUT2D eigenvalue weighted by Crippen LogP contribution is 2.29. The van der Waals surface area contributed by atoms with E-state index in [1.807, 2.05) is 6.92 Å². The van der Waals surface area contributed by atoms with Crippen molar-refractivity contribution in [1.29, 1.82) is 0 Å². The maximum atomic E-state index is 12.6. The van der Waals surface area contributed by atoms with Crippen molar-refractivity contribution in [2.24, 2.45) is 0 Å². The van der Waals surface area contributed by atoms with Crippen molar-refractivity contribution in [3.8, 4) is 0 Å². The van der Waals surface area contributed by atoms with Gasteiger partial charge in [0.05, 0.1) is 9.95 Å². The fraction of sp³-hybridized carbons (Fsp3) is 0.462. The van der Waals surface area contributed by atoms with Crippen LogP contribution in [0.2, 0.25) is 5.02 Å². The van der Waals surface area contributed by atoms with Gasteiger partial charge in [-0.3, -0.25) is 14.9 Å². The number of carbonyl (C=O) groups is 1. The Morgan fingerprint density at radius 3 is 2.95 bits per heavy atom. The third-order valence-electron chi connectivity index (χ3n) is 3.35. The summed E-state index contributed by atoms with van der Waals surface area (Å²) in [7, 11) is 0. The second kappa shape index (κ2) is 6.45. The summed E-state index contributed by atoms with van der Waals surface area (Å²) in [5, 5.41) is 11.2. The molecular formula is C13H15ClN2O3S. The minimum Gasteiger partial charge on any atom is -0.335 e. The second-order valence-corrected chi connectivity index (χ2v) is 6.27. The third-order valence-corrected chi connectivity index (χ3v) is 4.66. The fourth-order valence-corrected chi connectivity index (χ4v) is 3.51. The van der Waals surface area contributed by atoms with Gasteiger partial charge < -0.3 is 4.90 Å². The fourth-order valence-electron chi connectivity index (χ4n) is 2.22. The number of nitrogens with zero attached hydrogens (tertiary/aromatic N) is 2. The monoisotopic (exact) mass is 314 g/mol. The molecule has 0 radical (unpaired) electrons. The molecular weight excluding hydrogens is 300 g/mol. The molecule has 0 spiro atoms. The summed E-state index contributed by atoms with van der Waals surface area (Å²) < 4.78 is 0. The molecule has 0 bridgehead atoms. The molecule has 1 amide bonds. The van der Waals surface area contributed by atoms with E-state index in [4.69, 9.17) is 11.6 Å². The maximum absolute atomic E-state index is 12.6. The summed E-state index contributed by atoms with van der Waals surface area (Å²) in [5.74, 6) is 1.49. The van der Waals surface area contributed by atoms with Gasteiger partial charge >= 0.3 is 0 Å².